The molecular formula is C49H71FN6O13. The van der Waals surface area contributed by atoms with Gasteiger partial charge in [0, 0.05) is 81.4 Å². The lowest BCUT2D eigenvalue weighted by molar-refractivity contribution is -0.122. The topological polar surface area (TPSA) is 196 Å². The van der Waals surface area contributed by atoms with Crippen LogP contribution in [0.25, 0.3) is 22.0 Å². The molecule has 2 aromatic heterocycles. The van der Waals surface area contributed by atoms with Gasteiger partial charge in [-0.25, -0.2) is 4.39 Å². The number of unbranched alkanes of at least 4 members (excludes halogenated alkanes) is 1. The maximum absolute atomic E-state index is 14.9. The van der Waals surface area contributed by atoms with Crippen LogP contribution < -0.4 is 20.4 Å². The largest absolute Gasteiger partial charge is 0.423 e. The maximum Gasteiger partial charge on any atom is 0.298 e. The molecule has 2 aliphatic rings. The lowest BCUT2D eigenvalue weighted by Crippen LogP contribution is -2.44. The number of rotatable bonds is 34. The van der Waals surface area contributed by atoms with Crippen LogP contribution >= 0.6 is 0 Å². The number of methoxy groups -OCH3 is 1. The van der Waals surface area contributed by atoms with E-state index in [1.165, 1.54) is 12.1 Å². The molecule has 4 aromatic rings. The summed E-state index contributed by atoms with van der Waals surface area (Å²) in [5, 5.41) is 6.62. The summed E-state index contributed by atoms with van der Waals surface area (Å²) in [6, 6.07) is 10.2. The molecule has 0 saturated carbocycles. The molecule has 0 spiro atoms. The Hall–Kier alpha value is -4.77. The molecule has 19 nitrogen and oxygen atoms in total. The lowest BCUT2D eigenvalue weighted by Gasteiger charge is -2.30. The van der Waals surface area contributed by atoms with E-state index in [2.05, 4.69) is 20.4 Å². The second-order valence-corrected chi connectivity index (χ2v) is 16.5. The highest BCUT2D eigenvalue weighted by atomic mass is 19.1. The first-order valence-corrected chi connectivity index (χ1v) is 24.3. The van der Waals surface area contributed by atoms with Gasteiger partial charge in [0.05, 0.1) is 118 Å². The number of halogens is 1. The van der Waals surface area contributed by atoms with Crippen molar-refractivity contribution in [1.29, 1.82) is 0 Å². The van der Waals surface area contributed by atoms with Crippen molar-refractivity contribution in [2.24, 2.45) is 0 Å². The summed E-state index contributed by atoms with van der Waals surface area (Å²) in [6.07, 6.45) is 2.44. The lowest BCUT2D eigenvalue weighted by atomic mass is 10.0. The van der Waals surface area contributed by atoms with Gasteiger partial charge in [-0.05, 0) is 55.7 Å². The third kappa shape index (κ3) is 17.2. The van der Waals surface area contributed by atoms with Gasteiger partial charge in [-0.3, -0.25) is 19.0 Å². The molecule has 2 amide bonds. The van der Waals surface area contributed by atoms with Crippen molar-refractivity contribution in [2.45, 2.75) is 58.0 Å². The average Bonchev–Trinajstić information content (AvgIpc) is 3.94. The van der Waals surface area contributed by atoms with Gasteiger partial charge in [-0.1, -0.05) is 6.92 Å². The van der Waals surface area contributed by atoms with Crippen LogP contribution in [0.5, 0.6) is 0 Å². The zero-order valence-electron chi connectivity index (χ0n) is 40.3. The molecule has 69 heavy (non-hydrogen) atoms. The highest BCUT2D eigenvalue weighted by Crippen LogP contribution is 2.35. The zero-order valence-corrected chi connectivity index (χ0v) is 40.3. The number of hydrogen-bond acceptors (Lipinski definition) is 16. The normalized spacial score (nSPS) is 14.4. The number of hydrogen-bond donors (Lipinski definition) is 2. The van der Waals surface area contributed by atoms with Crippen LogP contribution in [0.3, 0.4) is 0 Å². The quantitative estimate of drug-likeness (QED) is 0.0629. The molecule has 0 bridgehead atoms. The fourth-order valence-electron chi connectivity index (χ4n) is 8.02. The summed E-state index contributed by atoms with van der Waals surface area (Å²) in [4.78, 5) is 48.8. The second kappa shape index (κ2) is 30.1. The number of carbonyl (C=O) groups is 3. The molecule has 1 unspecified atom stereocenters. The van der Waals surface area contributed by atoms with Crippen LogP contribution in [0.2, 0.25) is 0 Å². The van der Waals surface area contributed by atoms with Gasteiger partial charge in [-0.15, -0.1) is 0 Å². The van der Waals surface area contributed by atoms with Crippen molar-refractivity contribution in [2.75, 3.05) is 155 Å². The molecular weight excluding hydrogens is 900 g/mol. The van der Waals surface area contributed by atoms with Gasteiger partial charge in [0.25, 0.3) is 11.9 Å². The van der Waals surface area contributed by atoms with E-state index in [9.17, 15) is 18.8 Å². The minimum absolute atomic E-state index is 0.144. The predicted octanol–water partition coefficient (Wildman–Crippen LogP) is 4.30. The first-order chi connectivity index (χ1) is 33.9. The Morgan fingerprint density at radius 2 is 1.36 bits per heavy atom. The Kier molecular flexibility index (Phi) is 23.4. The number of fused-ring (bicyclic) bond motifs is 4. The molecule has 2 aliphatic heterocycles. The van der Waals surface area contributed by atoms with Gasteiger partial charge in [-0.2, -0.15) is 4.98 Å². The minimum Gasteiger partial charge on any atom is -0.423 e. The SMILES string of the molecule is CCC(=O)NC(CCCCNC(=O)CCOCCOCCOCCOCCOCCOCCOCCOC)C(=O)n1c2c(c3ccc(F)cc31)CN(c1ccc3oc(N4CCOCC4)nc3c1)CC2. The van der Waals surface area contributed by atoms with Crippen molar-refractivity contribution in [3.63, 3.8) is 0 Å². The Morgan fingerprint density at radius 3 is 1.99 bits per heavy atom. The Morgan fingerprint density at radius 1 is 0.739 bits per heavy atom. The molecule has 0 aliphatic carbocycles. The molecule has 382 valence electrons. The maximum atomic E-state index is 14.9. The fourth-order valence-corrected chi connectivity index (χ4v) is 8.02. The van der Waals surface area contributed by atoms with Gasteiger partial charge in [0.2, 0.25) is 11.8 Å². The summed E-state index contributed by atoms with van der Waals surface area (Å²) in [6.45, 7) is 12.8. The van der Waals surface area contributed by atoms with Crippen LogP contribution in [0.4, 0.5) is 16.1 Å². The third-order valence-electron chi connectivity index (χ3n) is 11.7. The summed E-state index contributed by atoms with van der Waals surface area (Å²) in [7, 11) is 1.64. The number of morpholine rings is 1. The number of nitrogens with one attached hydrogen (secondary N) is 2. The average molecular weight is 971 g/mol. The molecule has 6 rings (SSSR count). The standard InChI is InChI=1S/C49H71FN6O13/c1-3-46(57)52-41(6-4-5-13-51-47(58)12-17-61-22-23-64-26-27-66-30-31-68-33-32-67-29-28-65-25-24-63-21-20-60-2)48(59)56-43-11-14-55(36-40(43)39-9-7-37(50)34-44(39)56)38-8-10-45-42(35-38)53-49(69-45)54-15-18-62-19-16-54/h7-10,34-35,41H,3-6,11-33,36H2,1-2H3,(H,51,58)(H,52,57). The molecule has 1 fully saturated rings. The fraction of sp³-hybridized carbons (Fsp3) is 0.633. The monoisotopic (exact) mass is 971 g/mol. The number of carbonyl (C=O) groups excluding carboxylic acids is 3. The summed E-state index contributed by atoms with van der Waals surface area (Å²) in [5.74, 6) is -1.16. The number of anilines is 2. The molecule has 2 aromatic carbocycles. The first kappa shape index (κ1) is 53.6. The zero-order chi connectivity index (χ0) is 48.5. The van der Waals surface area contributed by atoms with E-state index in [0.717, 1.165) is 40.9 Å². The smallest absolute Gasteiger partial charge is 0.298 e. The number of oxazole rings is 1. The van der Waals surface area contributed by atoms with E-state index in [1.54, 1.807) is 24.7 Å². The van der Waals surface area contributed by atoms with E-state index in [4.69, 9.17) is 52.0 Å². The molecule has 4 heterocycles. The van der Waals surface area contributed by atoms with Gasteiger partial charge in [0.1, 0.15) is 17.4 Å². The molecule has 2 N–H and O–H groups in total. The van der Waals surface area contributed by atoms with Crippen LogP contribution in [0, 0.1) is 5.82 Å². The van der Waals surface area contributed by atoms with E-state index in [-0.39, 0.29) is 37.2 Å². The Balaban J connectivity index is 0.848. The number of nitrogens with zero attached hydrogens (tertiary/aromatic N) is 4. The third-order valence-corrected chi connectivity index (χ3v) is 11.7. The van der Waals surface area contributed by atoms with Crippen molar-refractivity contribution in [1.82, 2.24) is 20.2 Å². The second-order valence-electron chi connectivity index (χ2n) is 16.5. The molecule has 1 saturated heterocycles. The number of amides is 2. The van der Waals surface area contributed by atoms with Crippen molar-refractivity contribution in [3.8, 4) is 0 Å². The predicted molar refractivity (Wildman–Crippen MR) is 256 cm³/mol. The van der Waals surface area contributed by atoms with E-state index >= 15 is 0 Å². The number of ether oxygens (including phenoxy) is 9. The minimum atomic E-state index is -0.836. The van der Waals surface area contributed by atoms with Crippen molar-refractivity contribution < 1.29 is 65.8 Å². The summed E-state index contributed by atoms with van der Waals surface area (Å²) < 4.78 is 71.2. The first-order valence-electron chi connectivity index (χ1n) is 24.3. The number of aromatic nitrogens is 2. The molecule has 1 atom stereocenters. The Bertz CT molecular complexity index is 2170. The van der Waals surface area contributed by atoms with Crippen LogP contribution in [0.1, 0.15) is 55.1 Å². The molecule has 0 radical (unpaired) electrons. The van der Waals surface area contributed by atoms with Crippen LogP contribution in [-0.2, 0) is 65.2 Å². The van der Waals surface area contributed by atoms with Crippen LogP contribution in [0.15, 0.2) is 40.8 Å². The Labute approximate surface area is 403 Å². The van der Waals surface area contributed by atoms with Gasteiger partial charge >= 0.3 is 0 Å². The van der Waals surface area contributed by atoms with E-state index < -0.39 is 11.9 Å². The van der Waals surface area contributed by atoms with Gasteiger partial charge < -0.3 is 67.5 Å². The van der Waals surface area contributed by atoms with Crippen LogP contribution in [-0.4, -0.2) is 179 Å². The molecule has 20 heteroatoms. The van der Waals surface area contributed by atoms with Gasteiger partial charge in [0.15, 0.2) is 5.58 Å². The number of benzene rings is 2. The summed E-state index contributed by atoms with van der Waals surface area (Å²) in [5.41, 5.74) is 4.65. The van der Waals surface area contributed by atoms with Crippen molar-refractivity contribution in [3.05, 3.63) is 53.5 Å². The van der Waals surface area contributed by atoms with E-state index in [0.29, 0.717) is 168 Å². The van der Waals surface area contributed by atoms with Crippen molar-refractivity contribution >= 4 is 51.4 Å². The highest BCUT2D eigenvalue weighted by Gasteiger charge is 2.31. The van der Waals surface area contributed by atoms with E-state index in [1.807, 2.05) is 18.2 Å². The summed E-state index contributed by atoms with van der Waals surface area (Å²) >= 11 is 0. The highest BCUT2D eigenvalue weighted by molar-refractivity contribution is 6.00.